The van der Waals surface area contributed by atoms with Crippen LogP contribution in [0.15, 0.2) is 0 Å². The van der Waals surface area contributed by atoms with Gasteiger partial charge in [0.05, 0.1) is 0 Å². The van der Waals surface area contributed by atoms with E-state index in [0.717, 1.165) is 12.1 Å². The molecule has 2 unspecified atom stereocenters. The van der Waals surface area contributed by atoms with Gasteiger partial charge in [-0.2, -0.15) is 0 Å². The van der Waals surface area contributed by atoms with E-state index in [-0.39, 0.29) is 0 Å². The van der Waals surface area contributed by atoms with E-state index in [1.165, 1.54) is 0 Å². The van der Waals surface area contributed by atoms with Crippen molar-refractivity contribution in [1.29, 1.82) is 0 Å². The summed E-state index contributed by atoms with van der Waals surface area (Å²) >= 11 is 0. The zero-order valence-electron chi connectivity index (χ0n) is 17.5. The van der Waals surface area contributed by atoms with Crippen LogP contribution in [-0.4, -0.2) is 42.3 Å². The Morgan fingerprint density at radius 2 is 0.826 bits per heavy atom. The van der Waals surface area contributed by atoms with Crippen LogP contribution in [0.3, 0.4) is 0 Å². The van der Waals surface area contributed by atoms with E-state index < -0.39 is 42.3 Å². The average Bonchev–Trinajstić information content (AvgIpc) is 2.21. The lowest BCUT2D eigenvalue weighted by Crippen LogP contribution is -2.59. The maximum Gasteiger partial charge on any atom is 0.317 e. The summed E-state index contributed by atoms with van der Waals surface area (Å²) in [5.41, 5.74) is 0. The van der Waals surface area contributed by atoms with Crippen LogP contribution in [0, 0.1) is 0 Å². The number of hydrogen-bond donors (Lipinski definition) is 0. The molecule has 0 fully saturated rings. The molecule has 0 radical (unpaired) electrons. The molecule has 0 heterocycles. The summed E-state index contributed by atoms with van der Waals surface area (Å²) in [5.74, 6) is 0. The Bertz CT molecular complexity index is 380. The third kappa shape index (κ3) is 10.5. The van der Waals surface area contributed by atoms with Crippen molar-refractivity contribution in [1.82, 2.24) is 0 Å². The monoisotopic (exact) mass is 412 g/mol. The van der Waals surface area contributed by atoms with Crippen molar-refractivity contribution in [3.63, 3.8) is 0 Å². The van der Waals surface area contributed by atoms with Gasteiger partial charge in [-0.05, 0) is 77.6 Å². The predicted octanol–water partition coefficient (Wildman–Crippen LogP) is 5.61. The van der Waals surface area contributed by atoms with Gasteiger partial charge < -0.3 is 16.5 Å². The van der Waals surface area contributed by atoms with Gasteiger partial charge in [0.15, 0.2) is 16.6 Å². The maximum absolute atomic E-state index is 6.69. The minimum absolute atomic E-state index is 0.927. The minimum Gasteiger partial charge on any atom is -0.437 e. The molecule has 0 aliphatic carbocycles. The normalized spacial score (nSPS) is 19.3. The molecule has 0 amide bonds. The van der Waals surface area contributed by atoms with Crippen LogP contribution in [0.4, 0.5) is 0 Å². The van der Waals surface area contributed by atoms with E-state index in [1.807, 2.05) is 0 Å². The smallest absolute Gasteiger partial charge is 0.317 e. The zero-order chi connectivity index (χ0) is 18.7. The van der Waals surface area contributed by atoms with Crippen molar-refractivity contribution >= 4 is 42.3 Å². The van der Waals surface area contributed by atoms with Crippen molar-refractivity contribution in [3.8, 4) is 0 Å². The molecular weight excluding hydrogens is 373 g/mol. The fraction of sp³-hybridized carbons (Fsp3) is 1.00. The first kappa shape index (κ1) is 23.9. The SMILES string of the molecule is CC[Si](C)(O[Si](C)(C)C)O[Si](C)(CC)O[Si](C)(C)O[Si](C)(C)C. The molecule has 0 aliphatic heterocycles. The zero-order valence-corrected chi connectivity index (χ0v) is 22.5. The lowest BCUT2D eigenvalue weighted by molar-refractivity contribution is 0.291. The minimum atomic E-state index is -2.30. The van der Waals surface area contributed by atoms with Crippen molar-refractivity contribution in [2.45, 2.75) is 91.4 Å². The molecule has 0 saturated carbocycles. The molecule has 0 aromatic rings. The van der Waals surface area contributed by atoms with E-state index >= 15 is 0 Å². The summed E-state index contributed by atoms with van der Waals surface area (Å²) < 4.78 is 26.1. The molecular formula is C14H40O4Si5. The van der Waals surface area contributed by atoms with E-state index in [2.05, 4.69) is 79.3 Å². The number of rotatable bonds is 10. The van der Waals surface area contributed by atoms with Gasteiger partial charge in [-0.1, -0.05) is 13.8 Å². The van der Waals surface area contributed by atoms with Gasteiger partial charge in [0.1, 0.15) is 0 Å². The summed E-state index contributed by atoms with van der Waals surface area (Å²) in [5, 5.41) is 0. The third-order valence-electron chi connectivity index (χ3n) is 3.25. The molecule has 0 spiro atoms. The van der Waals surface area contributed by atoms with E-state index in [1.54, 1.807) is 0 Å². The number of hydrogen-bond acceptors (Lipinski definition) is 4. The highest BCUT2D eigenvalue weighted by Crippen LogP contribution is 2.29. The second kappa shape index (κ2) is 8.08. The highest BCUT2D eigenvalue weighted by atomic mass is 28.5. The van der Waals surface area contributed by atoms with Crippen LogP contribution in [0.5, 0.6) is 0 Å². The summed E-state index contributed by atoms with van der Waals surface area (Å²) in [7, 11) is -9.94. The Morgan fingerprint density at radius 3 is 1.13 bits per heavy atom. The van der Waals surface area contributed by atoms with Gasteiger partial charge in [-0.3, -0.25) is 0 Å². The molecule has 0 bridgehead atoms. The van der Waals surface area contributed by atoms with E-state index in [0.29, 0.717) is 0 Å². The molecule has 0 rings (SSSR count). The summed E-state index contributed by atoms with van der Waals surface area (Å²) in [4.78, 5) is 0. The lowest BCUT2D eigenvalue weighted by atomic mass is 11.0. The fourth-order valence-corrected chi connectivity index (χ4v) is 25.5. The van der Waals surface area contributed by atoms with Gasteiger partial charge in [0, 0.05) is 0 Å². The van der Waals surface area contributed by atoms with Crippen LogP contribution in [-0.2, 0) is 16.5 Å². The van der Waals surface area contributed by atoms with Gasteiger partial charge in [0.25, 0.3) is 0 Å². The van der Waals surface area contributed by atoms with E-state index in [9.17, 15) is 0 Å². The average molecular weight is 413 g/mol. The Hall–Kier alpha value is 0.924. The molecule has 0 aliphatic rings. The first-order valence-corrected chi connectivity index (χ1v) is 23.4. The second-order valence-corrected chi connectivity index (χ2v) is 29.5. The molecule has 0 aromatic carbocycles. The first-order valence-electron chi connectivity index (χ1n) is 8.75. The highest BCUT2D eigenvalue weighted by Gasteiger charge is 2.47. The Labute approximate surface area is 150 Å². The summed E-state index contributed by atoms with van der Waals surface area (Å²) in [6.45, 7) is 26.4. The van der Waals surface area contributed by atoms with Crippen molar-refractivity contribution in [3.05, 3.63) is 0 Å². The molecule has 9 heteroatoms. The van der Waals surface area contributed by atoms with Gasteiger partial charge >= 0.3 is 25.7 Å². The largest absolute Gasteiger partial charge is 0.437 e. The summed E-state index contributed by atoms with van der Waals surface area (Å²) in [6.07, 6.45) is 0. The Morgan fingerprint density at radius 1 is 0.478 bits per heavy atom. The standard InChI is InChI=1S/C14H40O4Si5/c1-13-22(11,16-20(6,7)8)18-23(12,14-2)17-21(9,10)15-19(3,4)5/h13-14H2,1-12H3. The molecule has 0 N–H and O–H groups in total. The van der Waals surface area contributed by atoms with Crippen molar-refractivity contribution < 1.29 is 16.5 Å². The van der Waals surface area contributed by atoms with Crippen LogP contribution in [0.1, 0.15) is 13.8 Å². The molecule has 23 heavy (non-hydrogen) atoms. The van der Waals surface area contributed by atoms with Crippen LogP contribution < -0.4 is 0 Å². The van der Waals surface area contributed by atoms with Crippen LogP contribution in [0.25, 0.3) is 0 Å². The molecule has 4 nitrogen and oxygen atoms in total. The summed E-state index contributed by atoms with van der Waals surface area (Å²) in [6, 6.07) is 1.89. The molecule has 2 atom stereocenters. The highest BCUT2D eigenvalue weighted by molar-refractivity contribution is 6.90. The van der Waals surface area contributed by atoms with Crippen molar-refractivity contribution in [2.75, 3.05) is 0 Å². The predicted molar refractivity (Wildman–Crippen MR) is 113 cm³/mol. The quantitative estimate of drug-likeness (QED) is 0.437. The molecule has 0 aromatic heterocycles. The van der Waals surface area contributed by atoms with Crippen LogP contribution >= 0.6 is 0 Å². The Balaban J connectivity index is 5.22. The topological polar surface area (TPSA) is 36.9 Å². The third-order valence-corrected chi connectivity index (χ3v) is 21.6. The van der Waals surface area contributed by atoms with Crippen molar-refractivity contribution in [2.24, 2.45) is 0 Å². The molecule has 140 valence electrons. The van der Waals surface area contributed by atoms with Gasteiger partial charge in [-0.25, -0.2) is 0 Å². The first-order chi connectivity index (χ1) is 9.95. The fourth-order valence-electron chi connectivity index (χ4n) is 2.71. The second-order valence-electron chi connectivity index (χ2n) is 9.01. The maximum atomic E-state index is 6.69. The van der Waals surface area contributed by atoms with E-state index in [4.69, 9.17) is 16.5 Å². The van der Waals surface area contributed by atoms with Gasteiger partial charge in [0.2, 0.25) is 0 Å². The van der Waals surface area contributed by atoms with Gasteiger partial charge in [-0.15, -0.1) is 0 Å². The lowest BCUT2D eigenvalue weighted by Gasteiger charge is -2.43. The molecule has 0 saturated heterocycles. The van der Waals surface area contributed by atoms with Crippen LogP contribution in [0.2, 0.25) is 77.6 Å². The Kier molecular flexibility index (Phi) is 8.41.